The van der Waals surface area contributed by atoms with E-state index in [0.29, 0.717) is 5.75 Å². The van der Waals surface area contributed by atoms with Crippen molar-refractivity contribution in [1.29, 1.82) is 0 Å². The summed E-state index contributed by atoms with van der Waals surface area (Å²) < 4.78 is 18.7. The van der Waals surface area contributed by atoms with E-state index in [1.54, 1.807) is 13.2 Å². The smallest absolute Gasteiger partial charge is 0.123 e. The largest absolute Gasteiger partial charge is 0.496 e. The van der Waals surface area contributed by atoms with Crippen molar-refractivity contribution < 1.29 is 9.13 Å². The molecule has 1 atom stereocenters. The molecule has 2 aromatic carbocycles. The summed E-state index contributed by atoms with van der Waals surface area (Å²) in [5, 5.41) is 0.717. The van der Waals surface area contributed by atoms with Crippen LogP contribution >= 0.6 is 27.5 Å². The molecule has 0 amide bonds. The van der Waals surface area contributed by atoms with Crippen molar-refractivity contribution >= 4 is 27.5 Å². The van der Waals surface area contributed by atoms with Gasteiger partial charge in [-0.05, 0) is 42.3 Å². The second-order valence-electron chi connectivity index (χ2n) is 4.26. The van der Waals surface area contributed by atoms with Crippen molar-refractivity contribution in [3.05, 3.63) is 63.9 Å². The van der Waals surface area contributed by atoms with Gasteiger partial charge in [0.25, 0.3) is 0 Å². The van der Waals surface area contributed by atoms with E-state index < -0.39 is 0 Å². The Morgan fingerprint density at radius 2 is 1.95 bits per heavy atom. The average molecular weight is 344 g/mol. The van der Waals surface area contributed by atoms with Crippen LogP contribution < -0.4 is 4.74 Å². The Balaban J connectivity index is 2.45. The zero-order valence-corrected chi connectivity index (χ0v) is 12.9. The number of rotatable bonds is 3. The van der Waals surface area contributed by atoms with Crippen LogP contribution in [-0.2, 0) is 0 Å². The number of methoxy groups -OCH3 is 1. The van der Waals surface area contributed by atoms with E-state index in [-0.39, 0.29) is 10.6 Å². The lowest BCUT2D eigenvalue weighted by Gasteiger charge is -2.15. The highest BCUT2D eigenvalue weighted by Gasteiger charge is 2.16. The number of aryl methyl sites for hydroxylation is 1. The fourth-order valence-corrected chi connectivity index (χ4v) is 2.67. The number of hydrogen-bond donors (Lipinski definition) is 0. The van der Waals surface area contributed by atoms with Crippen LogP contribution in [0.1, 0.15) is 21.5 Å². The first-order valence-corrected chi connectivity index (χ1v) is 7.06. The fraction of sp³-hybridized carbons (Fsp3) is 0.200. The highest BCUT2D eigenvalue weighted by atomic mass is 79.9. The van der Waals surface area contributed by atoms with Gasteiger partial charge in [-0.1, -0.05) is 39.7 Å². The van der Waals surface area contributed by atoms with Crippen molar-refractivity contribution in [3.63, 3.8) is 0 Å². The first-order valence-electron chi connectivity index (χ1n) is 5.76. The first kappa shape index (κ1) is 14.4. The molecule has 0 radical (unpaired) electrons. The van der Waals surface area contributed by atoms with Gasteiger partial charge in [-0.3, -0.25) is 0 Å². The van der Waals surface area contributed by atoms with Crippen LogP contribution in [0, 0.1) is 12.7 Å². The quantitative estimate of drug-likeness (QED) is 0.689. The molecule has 0 bridgehead atoms. The highest BCUT2D eigenvalue weighted by molar-refractivity contribution is 9.09. The van der Waals surface area contributed by atoms with E-state index in [4.69, 9.17) is 16.3 Å². The van der Waals surface area contributed by atoms with E-state index in [0.717, 1.165) is 21.7 Å². The Hall–Kier alpha value is -1.06. The number of halogens is 3. The van der Waals surface area contributed by atoms with E-state index >= 15 is 0 Å². The second-order valence-corrected chi connectivity index (χ2v) is 5.58. The summed E-state index contributed by atoms with van der Waals surface area (Å²) in [5.41, 5.74) is 2.74. The SMILES string of the molecule is COc1ccc(F)cc1C(Br)c1ccc(Cl)c(C)c1. The summed E-state index contributed by atoms with van der Waals surface area (Å²) >= 11 is 9.60. The molecular weight excluding hydrogens is 331 g/mol. The minimum Gasteiger partial charge on any atom is -0.496 e. The Bertz CT molecular complexity index is 601. The molecule has 100 valence electrons. The van der Waals surface area contributed by atoms with Gasteiger partial charge in [0.1, 0.15) is 11.6 Å². The summed E-state index contributed by atoms with van der Waals surface area (Å²) in [5.74, 6) is 0.363. The predicted octanol–water partition coefficient (Wildman–Crippen LogP) is 5.28. The van der Waals surface area contributed by atoms with Crippen molar-refractivity contribution in [2.45, 2.75) is 11.8 Å². The Labute approximate surface area is 125 Å². The molecule has 0 N–H and O–H groups in total. The van der Waals surface area contributed by atoms with Crippen LogP contribution in [0.3, 0.4) is 0 Å². The summed E-state index contributed by atoms with van der Waals surface area (Å²) in [6.45, 7) is 1.94. The van der Waals surface area contributed by atoms with Gasteiger partial charge in [0.05, 0.1) is 11.9 Å². The molecule has 0 aliphatic carbocycles. The standard InChI is InChI=1S/C15H13BrClFO/c1-9-7-10(3-5-13(9)17)15(16)12-8-11(18)4-6-14(12)19-2/h3-8,15H,1-2H3. The van der Waals surface area contributed by atoms with Gasteiger partial charge in [-0.25, -0.2) is 4.39 Å². The zero-order valence-electron chi connectivity index (χ0n) is 10.6. The van der Waals surface area contributed by atoms with Gasteiger partial charge < -0.3 is 4.74 Å². The summed E-state index contributed by atoms with van der Waals surface area (Å²) in [6.07, 6.45) is 0. The Kier molecular flexibility index (Phi) is 4.48. The molecule has 0 fully saturated rings. The molecule has 0 aliphatic rings. The van der Waals surface area contributed by atoms with Gasteiger partial charge in [0.15, 0.2) is 0 Å². The van der Waals surface area contributed by atoms with Crippen LogP contribution in [0.15, 0.2) is 36.4 Å². The lowest BCUT2D eigenvalue weighted by Crippen LogP contribution is -1.98. The highest BCUT2D eigenvalue weighted by Crippen LogP contribution is 2.37. The van der Waals surface area contributed by atoms with Crippen molar-refractivity contribution in [1.82, 2.24) is 0 Å². The molecule has 2 aromatic rings. The third-order valence-electron chi connectivity index (χ3n) is 2.94. The van der Waals surface area contributed by atoms with Gasteiger partial charge in [-0.15, -0.1) is 0 Å². The molecule has 0 aromatic heterocycles. The third kappa shape index (κ3) is 3.10. The van der Waals surface area contributed by atoms with Crippen molar-refractivity contribution in [3.8, 4) is 5.75 Å². The fourth-order valence-electron chi connectivity index (χ4n) is 1.91. The third-order valence-corrected chi connectivity index (χ3v) is 4.39. The molecule has 1 unspecified atom stereocenters. The molecule has 0 saturated heterocycles. The molecule has 0 saturated carbocycles. The molecule has 19 heavy (non-hydrogen) atoms. The minimum absolute atomic E-state index is 0.144. The molecular formula is C15H13BrClFO. The molecule has 1 nitrogen and oxygen atoms in total. The van der Waals surface area contributed by atoms with Gasteiger partial charge >= 0.3 is 0 Å². The van der Waals surface area contributed by atoms with Gasteiger partial charge in [0, 0.05) is 10.6 Å². The van der Waals surface area contributed by atoms with Crippen molar-refractivity contribution in [2.75, 3.05) is 7.11 Å². The number of ether oxygens (including phenoxy) is 1. The van der Waals surface area contributed by atoms with Crippen LogP contribution in [0.2, 0.25) is 5.02 Å². The molecule has 2 rings (SSSR count). The average Bonchev–Trinajstić information content (AvgIpc) is 2.41. The lowest BCUT2D eigenvalue weighted by molar-refractivity contribution is 0.409. The molecule has 0 aliphatic heterocycles. The van der Waals surface area contributed by atoms with E-state index in [1.807, 2.05) is 25.1 Å². The predicted molar refractivity (Wildman–Crippen MR) is 79.9 cm³/mol. The topological polar surface area (TPSA) is 9.23 Å². The Morgan fingerprint density at radius 1 is 1.21 bits per heavy atom. The lowest BCUT2D eigenvalue weighted by atomic mass is 10.0. The van der Waals surface area contributed by atoms with Gasteiger partial charge in [0.2, 0.25) is 0 Å². The number of hydrogen-bond acceptors (Lipinski definition) is 1. The normalized spacial score (nSPS) is 12.3. The maximum atomic E-state index is 13.4. The molecule has 0 heterocycles. The summed E-state index contributed by atoms with van der Waals surface area (Å²) in [4.78, 5) is -0.144. The van der Waals surface area contributed by atoms with E-state index in [2.05, 4.69) is 15.9 Å². The second kappa shape index (κ2) is 5.93. The maximum absolute atomic E-state index is 13.4. The van der Waals surface area contributed by atoms with Crippen LogP contribution in [-0.4, -0.2) is 7.11 Å². The monoisotopic (exact) mass is 342 g/mol. The van der Waals surface area contributed by atoms with E-state index in [9.17, 15) is 4.39 Å². The number of alkyl halides is 1. The van der Waals surface area contributed by atoms with Crippen LogP contribution in [0.5, 0.6) is 5.75 Å². The zero-order chi connectivity index (χ0) is 14.0. The first-order chi connectivity index (χ1) is 9.02. The van der Waals surface area contributed by atoms with Crippen LogP contribution in [0.4, 0.5) is 4.39 Å². The molecule has 0 spiro atoms. The maximum Gasteiger partial charge on any atom is 0.123 e. The summed E-state index contributed by atoms with van der Waals surface area (Å²) in [6, 6.07) is 10.2. The van der Waals surface area contributed by atoms with Crippen molar-refractivity contribution in [2.24, 2.45) is 0 Å². The van der Waals surface area contributed by atoms with E-state index in [1.165, 1.54) is 12.1 Å². The summed E-state index contributed by atoms with van der Waals surface area (Å²) in [7, 11) is 1.57. The number of benzene rings is 2. The molecule has 4 heteroatoms. The van der Waals surface area contributed by atoms with Crippen LogP contribution in [0.25, 0.3) is 0 Å². The van der Waals surface area contributed by atoms with Gasteiger partial charge in [-0.2, -0.15) is 0 Å². The minimum atomic E-state index is -0.286. The Morgan fingerprint density at radius 3 is 2.58 bits per heavy atom.